The van der Waals surface area contributed by atoms with E-state index in [1.807, 2.05) is 0 Å². The number of phosphoric acid groups is 1. The second-order valence-corrected chi connectivity index (χ2v) is 14.3. The van der Waals surface area contributed by atoms with Crippen molar-refractivity contribution in [1.82, 2.24) is 5.32 Å². The summed E-state index contributed by atoms with van der Waals surface area (Å²) < 4.78 is 21.5. The van der Waals surface area contributed by atoms with Gasteiger partial charge in [0.05, 0.1) is 12.7 Å². The van der Waals surface area contributed by atoms with Gasteiger partial charge in [-0.1, -0.05) is 155 Å². The van der Waals surface area contributed by atoms with Gasteiger partial charge in [0.15, 0.2) is 0 Å². The Kier molecular flexibility index (Phi) is 32.2. The number of phosphoric ester groups is 1. The highest BCUT2D eigenvalue weighted by Gasteiger charge is 2.19. The third-order valence-corrected chi connectivity index (χ3v) is 9.39. The molecule has 42 heavy (non-hydrogen) atoms. The molecule has 0 radical (unpaired) electrons. The summed E-state index contributed by atoms with van der Waals surface area (Å²) in [7, 11) is -4.56. The van der Waals surface area contributed by atoms with Gasteiger partial charge in [-0.25, -0.2) is 4.57 Å². The molecule has 0 aromatic carbocycles. The molecule has 0 saturated carbocycles. The zero-order valence-electron chi connectivity index (χ0n) is 27.5. The van der Waals surface area contributed by atoms with Crippen molar-refractivity contribution in [2.24, 2.45) is 0 Å². The molecule has 3 N–H and O–H groups in total. The molecule has 0 spiro atoms. The summed E-state index contributed by atoms with van der Waals surface area (Å²) in [6.07, 6.45) is 31.0. The molecule has 252 valence electrons. The first-order valence-electron chi connectivity index (χ1n) is 17.5. The van der Waals surface area contributed by atoms with Gasteiger partial charge in [-0.15, -0.1) is 0 Å². The molecule has 1 atom stereocenters. The van der Waals surface area contributed by atoms with E-state index in [0.29, 0.717) is 12.2 Å². The highest BCUT2D eigenvalue weighted by atomic mass is 32.2. The summed E-state index contributed by atoms with van der Waals surface area (Å²) in [6, 6.07) is 0. The van der Waals surface area contributed by atoms with Crippen molar-refractivity contribution in [2.75, 3.05) is 24.8 Å². The predicted octanol–water partition coefficient (Wildman–Crippen LogP) is 10.1. The number of unbranched alkanes of at least 4 members (excludes halogenated alkanes) is 22. The zero-order valence-corrected chi connectivity index (χ0v) is 29.2. The van der Waals surface area contributed by atoms with Crippen molar-refractivity contribution in [3.63, 3.8) is 0 Å². The van der Waals surface area contributed by atoms with Crippen LogP contribution >= 0.6 is 19.6 Å². The van der Waals surface area contributed by atoms with Crippen LogP contribution in [0.3, 0.4) is 0 Å². The lowest BCUT2D eigenvalue weighted by Crippen LogP contribution is -2.32. The molecule has 0 aromatic rings. The number of hydrogen-bond donors (Lipinski definition) is 3. The average Bonchev–Trinajstić information content (AvgIpc) is 2.95. The minimum absolute atomic E-state index is 0.0329. The van der Waals surface area contributed by atoms with Crippen LogP contribution in [0.2, 0.25) is 0 Å². The molecule has 0 saturated heterocycles. The van der Waals surface area contributed by atoms with Gasteiger partial charge in [-0.05, 0) is 18.6 Å². The smallest absolute Gasteiger partial charge is 0.355 e. The Hall–Kier alpha value is -0.110. The maximum atomic E-state index is 12.1. The predicted molar refractivity (Wildman–Crippen MR) is 180 cm³/mol. The summed E-state index contributed by atoms with van der Waals surface area (Å²) >= 11 is 1.71. The van der Waals surface area contributed by atoms with Gasteiger partial charge in [0.1, 0.15) is 6.73 Å². The maximum Gasteiger partial charge on any atom is 0.469 e. The topological polar surface area (TPSA) is 105 Å². The monoisotopic (exact) mass is 637 g/mol. The normalized spacial score (nSPS) is 12.6. The van der Waals surface area contributed by atoms with Crippen molar-refractivity contribution in [1.29, 1.82) is 0 Å². The Morgan fingerprint density at radius 2 is 1.07 bits per heavy atom. The molecule has 9 heteroatoms. The van der Waals surface area contributed by atoms with E-state index in [1.165, 1.54) is 135 Å². The zero-order chi connectivity index (χ0) is 31.0. The van der Waals surface area contributed by atoms with Crippen molar-refractivity contribution >= 4 is 25.5 Å². The molecule has 0 aliphatic carbocycles. The Morgan fingerprint density at radius 3 is 1.50 bits per heavy atom. The number of carbonyl (C=O) groups excluding carboxylic acids is 1. The van der Waals surface area contributed by atoms with Gasteiger partial charge in [0.25, 0.3) is 0 Å². The molecule has 0 aliphatic rings. The molecule has 0 aliphatic heterocycles. The summed E-state index contributed by atoms with van der Waals surface area (Å²) in [5, 5.41) is 2.78. The SMILES string of the molecule is CCCCCCCCCCCCCCCCSCC(COP(=O)(O)O)OCNC(=O)CCCCCCCCCCCC. The second kappa shape index (κ2) is 32.3. The quantitative estimate of drug-likeness (QED) is 0.0366. The van der Waals surface area contributed by atoms with Crippen molar-refractivity contribution in [2.45, 2.75) is 180 Å². The molecule has 1 unspecified atom stereocenters. The fraction of sp³-hybridized carbons (Fsp3) is 0.970. The van der Waals surface area contributed by atoms with E-state index in [2.05, 4.69) is 23.7 Å². The van der Waals surface area contributed by atoms with E-state index in [4.69, 9.17) is 14.5 Å². The maximum absolute atomic E-state index is 12.1. The lowest BCUT2D eigenvalue weighted by Gasteiger charge is -2.18. The number of rotatable bonds is 34. The van der Waals surface area contributed by atoms with Crippen LogP contribution in [0.25, 0.3) is 0 Å². The fourth-order valence-corrected chi connectivity index (χ4v) is 6.43. The minimum Gasteiger partial charge on any atom is -0.355 e. The number of thioether (sulfide) groups is 1. The van der Waals surface area contributed by atoms with E-state index in [9.17, 15) is 9.36 Å². The molecule has 0 fully saturated rings. The number of nitrogens with one attached hydrogen (secondary N) is 1. The average molecular weight is 638 g/mol. The Morgan fingerprint density at radius 1 is 0.667 bits per heavy atom. The van der Waals surface area contributed by atoms with E-state index >= 15 is 0 Å². The number of amides is 1. The van der Waals surface area contributed by atoms with Gasteiger partial charge in [0.2, 0.25) is 5.91 Å². The van der Waals surface area contributed by atoms with Crippen LogP contribution in [0.1, 0.15) is 174 Å². The second-order valence-electron chi connectivity index (χ2n) is 11.9. The molecule has 0 bridgehead atoms. The Bertz CT molecular complexity index is 621. The molecular formula is C33H68NO6PS. The van der Waals surface area contributed by atoms with Crippen molar-refractivity contribution in [3.8, 4) is 0 Å². The van der Waals surface area contributed by atoms with Gasteiger partial charge in [-0.3, -0.25) is 9.32 Å². The standard InChI is InChI=1S/C33H68NO6PS/c1-3-5-7-9-11-13-15-16-17-18-20-22-24-26-28-42-30-32(29-40-41(36,37)38)39-31-34-33(35)27-25-23-21-19-14-12-10-8-6-4-2/h32H,3-31H2,1-2H3,(H,34,35)(H2,36,37,38). The summed E-state index contributed by atoms with van der Waals surface area (Å²) in [5.74, 6) is 1.52. The van der Waals surface area contributed by atoms with E-state index < -0.39 is 13.9 Å². The van der Waals surface area contributed by atoms with Crippen LogP contribution in [0, 0.1) is 0 Å². The minimum atomic E-state index is -4.56. The molecule has 0 aromatic heterocycles. The number of hydrogen-bond acceptors (Lipinski definition) is 5. The Labute approximate surface area is 264 Å². The van der Waals surface area contributed by atoms with E-state index in [1.54, 1.807) is 11.8 Å². The van der Waals surface area contributed by atoms with Gasteiger partial charge >= 0.3 is 7.82 Å². The molecule has 1 amide bonds. The van der Waals surface area contributed by atoms with Crippen LogP contribution in [0.4, 0.5) is 0 Å². The van der Waals surface area contributed by atoms with Crippen LogP contribution in [-0.2, 0) is 18.6 Å². The van der Waals surface area contributed by atoms with Crippen LogP contribution in [0.5, 0.6) is 0 Å². The van der Waals surface area contributed by atoms with Crippen molar-refractivity contribution < 1.29 is 28.4 Å². The summed E-state index contributed by atoms with van der Waals surface area (Å²) in [5.41, 5.74) is 0. The van der Waals surface area contributed by atoms with Gasteiger partial charge in [-0.2, -0.15) is 11.8 Å². The number of ether oxygens (including phenoxy) is 1. The first-order valence-corrected chi connectivity index (χ1v) is 20.2. The van der Waals surface area contributed by atoms with E-state index in [-0.39, 0.29) is 19.2 Å². The summed E-state index contributed by atoms with van der Waals surface area (Å²) in [6.45, 7) is 4.35. The lowest BCUT2D eigenvalue weighted by molar-refractivity contribution is -0.123. The molecule has 0 rings (SSSR count). The summed E-state index contributed by atoms with van der Waals surface area (Å²) in [4.78, 5) is 30.3. The first kappa shape index (κ1) is 41.9. The first-order chi connectivity index (χ1) is 20.4. The van der Waals surface area contributed by atoms with Gasteiger partial charge < -0.3 is 19.8 Å². The molecule has 0 heterocycles. The number of carbonyl (C=O) groups is 1. The van der Waals surface area contributed by atoms with E-state index in [0.717, 1.165) is 25.0 Å². The fourth-order valence-electron chi connectivity index (χ4n) is 5.04. The van der Waals surface area contributed by atoms with Crippen molar-refractivity contribution in [3.05, 3.63) is 0 Å². The van der Waals surface area contributed by atoms with Gasteiger partial charge in [0, 0.05) is 12.2 Å². The lowest BCUT2D eigenvalue weighted by atomic mass is 10.0. The molecule has 7 nitrogen and oxygen atoms in total. The Balaban J connectivity index is 3.79. The molecular weight excluding hydrogens is 569 g/mol. The van der Waals surface area contributed by atoms with Crippen LogP contribution in [0.15, 0.2) is 0 Å². The largest absolute Gasteiger partial charge is 0.469 e. The third-order valence-electron chi connectivity index (χ3n) is 7.72. The van der Waals surface area contributed by atoms with Crippen LogP contribution in [-0.4, -0.2) is 46.6 Å². The third kappa shape index (κ3) is 34.4. The van der Waals surface area contributed by atoms with Crippen LogP contribution < -0.4 is 5.32 Å². The highest BCUT2D eigenvalue weighted by molar-refractivity contribution is 7.99. The highest BCUT2D eigenvalue weighted by Crippen LogP contribution is 2.36.